The Morgan fingerprint density at radius 2 is 2.11 bits per heavy atom. The second kappa shape index (κ2) is 1.16. The lowest BCUT2D eigenvalue weighted by Crippen LogP contribution is -1.90. The van der Waals surface area contributed by atoms with E-state index in [-0.39, 0.29) is 11.5 Å². The third-order valence-electron chi connectivity index (χ3n) is 1.50. The van der Waals surface area contributed by atoms with Crippen LogP contribution in [0.25, 0.3) is 0 Å². The first-order valence-corrected chi connectivity index (χ1v) is 2.67. The summed E-state index contributed by atoms with van der Waals surface area (Å²) in [5.74, 6) is 0.0602. The SMILES string of the molecule is O=C1C2=CC(O)=C1C=C2. The lowest BCUT2D eigenvalue weighted by atomic mass is 10.2. The van der Waals surface area contributed by atoms with Gasteiger partial charge in [0.15, 0.2) is 5.78 Å². The highest BCUT2D eigenvalue weighted by molar-refractivity contribution is 6.18. The van der Waals surface area contributed by atoms with Crippen molar-refractivity contribution in [2.45, 2.75) is 0 Å². The summed E-state index contributed by atoms with van der Waals surface area (Å²) in [6.45, 7) is 0. The first-order valence-electron chi connectivity index (χ1n) is 2.67. The molecule has 9 heavy (non-hydrogen) atoms. The van der Waals surface area contributed by atoms with Crippen molar-refractivity contribution in [3.8, 4) is 0 Å². The maximum atomic E-state index is 10.8. The van der Waals surface area contributed by atoms with Crippen LogP contribution in [0.4, 0.5) is 0 Å². The summed E-state index contributed by atoms with van der Waals surface area (Å²) >= 11 is 0. The number of fused-ring (bicyclic) bond motifs is 2. The molecule has 0 atom stereocenters. The van der Waals surface area contributed by atoms with Crippen LogP contribution in [0, 0.1) is 0 Å². The Labute approximate surface area is 51.8 Å². The number of carbonyl (C=O) groups is 1. The molecule has 0 saturated heterocycles. The van der Waals surface area contributed by atoms with E-state index >= 15 is 0 Å². The Bertz CT molecular complexity index is 279. The minimum absolute atomic E-state index is 0.0486. The number of carbonyl (C=O) groups excluding carboxylic acids is 1. The van der Waals surface area contributed by atoms with Crippen molar-refractivity contribution >= 4 is 5.78 Å². The summed E-state index contributed by atoms with van der Waals surface area (Å²) in [6.07, 6.45) is 4.82. The van der Waals surface area contributed by atoms with Crippen LogP contribution in [-0.2, 0) is 4.79 Å². The van der Waals surface area contributed by atoms with E-state index < -0.39 is 0 Å². The van der Waals surface area contributed by atoms with Crippen molar-refractivity contribution in [1.29, 1.82) is 0 Å². The van der Waals surface area contributed by atoms with Gasteiger partial charge < -0.3 is 5.11 Å². The molecule has 0 radical (unpaired) electrons. The molecule has 44 valence electrons. The molecular formula is C7H4O2. The van der Waals surface area contributed by atoms with E-state index in [4.69, 9.17) is 5.11 Å². The Balaban J connectivity index is 2.73. The average Bonchev–Trinajstić information content (AvgIpc) is 2.25. The fraction of sp³-hybridized carbons (Fsp3) is 0. The zero-order valence-electron chi connectivity index (χ0n) is 4.59. The van der Waals surface area contributed by atoms with Gasteiger partial charge in [0, 0.05) is 5.57 Å². The molecule has 0 fully saturated rings. The molecule has 0 aliphatic heterocycles. The van der Waals surface area contributed by atoms with Gasteiger partial charge >= 0.3 is 0 Å². The molecule has 2 bridgehead atoms. The zero-order chi connectivity index (χ0) is 6.43. The maximum Gasteiger partial charge on any atom is 0.196 e. The van der Waals surface area contributed by atoms with Gasteiger partial charge in [0.25, 0.3) is 0 Å². The third-order valence-corrected chi connectivity index (χ3v) is 1.50. The predicted molar refractivity (Wildman–Crippen MR) is 31.9 cm³/mol. The summed E-state index contributed by atoms with van der Waals surface area (Å²) in [4.78, 5) is 10.8. The fourth-order valence-corrected chi connectivity index (χ4v) is 1.02. The molecule has 0 unspecified atom stereocenters. The van der Waals surface area contributed by atoms with Crippen LogP contribution in [-0.4, -0.2) is 10.9 Å². The largest absolute Gasteiger partial charge is 0.507 e. The number of Topliss-reactive ketones (excluding diaryl/α,β-unsaturated/α-hetero) is 1. The van der Waals surface area contributed by atoms with E-state index in [0.29, 0.717) is 11.1 Å². The Morgan fingerprint density at radius 1 is 1.33 bits per heavy atom. The van der Waals surface area contributed by atoms with Gasteiger partial charge in [-0.1, -0.05) is 6.08 Å². The van der Waals surface area contributed by atoms with Gasteiger partial charge in [0.2, 0.25) is 0 Å². The van der Waals surface area contributed by atoms with Crippen LogP contribution < -0.4 is 0 Å². The molecule has 0 amide bonds. The average molecular weight is 120 g/mol. The van der Waals surface area contributed by atoms with Gasteiger partial charge in [0.05, 0.1) is 5.57 Å². The van der Waals surface area contributed by atoms with E-state index in [2.05, 4.69) is 0 Å². The van der Waals surface area contributed by atoms with Crippen molar-refractivity contribution in [3.63, 3.8) is 0 Å². The highest BCUT2D eigenvalue weighted by Gasteiger charge is 2.26. The van der Waals surface area contributed by atoms with Gasteiger partial charge in [-0.25, -0.2) is 0 Å². The van der Waals surface area contributed by atoms with E-state index in [0.717, 1.165) is 0 Å². The minimum atomic E-state index is -0.0486. The topological polar surface area (TPSA) is 37.3 Å². The summed E-state index contributed by atoms with van der Waals surface area (Å²) in [5, 5.41) is 8.92. The van der Waals surface area contributed by atoms with Crippen LogP contribution in [0.3, 0.4) is 0 Å². The Kier molecular flexibility index (Phi) is 0.585. The zero-order valence-corrected chi connectivity index (χ0v) is 4.59. The van der Waals surface area contributed by atoms with E-state index in [1.807, 2.05) is 0 Å². The van der Waals surface area contributed by atoms with Crippen LogP contribution in [0.1, 0.15) is 0 Å². The fourth-order valence-electron chi connectivity index (χ4n) is 1.02. The van der Waals surface area contributed by atoms with Crippen molar-refractivity contribution < 1.29 is 9.90 Å². The molecule has 0 aromatic rings. The van der Waals surface area contributed by atoms with E-state index in [1.54, 1.807) is 12.2 Å². The second-order valence-corrected chi connectivity index (χ2v) is 2.06. The van der Waals surface area contributed by atoms with Gasteiger partial charge in [0.1, 0.15) is 5.76 Å². The quantitative estimate of drug-likeness (QED) is 0.515. The maximum absolute atomic E-state index is 10.8. The van der Waals surface area contributed by atoms with Gasteiger partial charge in [-0.2, -0.15) is 0 Å². The molecule has 2 aliphatic carbocycles. The molecule has 0 heterocycles. The van der Waals surface area contributed by atoms with Crippen molar-refractivity contribution in [1.82, 2.24) is 0 Å². The van der Waals surface area contributed by atoms with Crippen molar-refractivity contribution in [2.75, 3.05) is 0 Å². The van der Waals surface area contributed by atoms with Gasteiger partial charge in [-0.05, 0) is 12.2 Å². The molecule has 2 nitrogen and oxygen atoms in total. The van der Waals surface area contributed by atoms with Gasteiger partial charge in [-0.3, -0.25) is 4.79 Å². The molecular weight excluding hydrogens is 116 g/mol. The Hall–Kier alpha value is -1.31. The monoisotopic (exact) mass is 120 g/mol. The first kappa shape index (κ1) is 4.56. The molecule has 2 rings (SSSR count). The molecule has 0 aromatic carbocycles. The Morgan fingerprint density at radius 3 is 2.33 bits per heavy atom. The summed E-state index contributed by atoms with van der Waals surface area (Å²) < 4.78 is 0. The van der Waals surface area contributed by atoms with E-state index in [9.17, 15) is 4.79 Å². The standard InChI is InChI=1S/C7H4O2/c8-6-3-4-1-2-5(6)7(4)9/h1-3,8H. The summed E-state index contributed by atoms with van der Waals surface area (Å²) in [5.41, 5.74) is 1.03. The first-order chi connectivity index (χ1) is 4.29. The number of hydrogen-bond acceptors (Lipinski definition) is 2. The van der Waals surface area contributed by atoms with Crippen molar-refractivity contribution in [3.05, 3.63) is 35.1 Å². The second-order valence-electron chi connectivity index (χ2n) is 2.06. The normalized spacial score (nSPS) is 21.8. The molecule has 1 N–H and O–H groups in total. The summed E-state index contributed by atoms with van der Waals surface area (Å²) in [7, 11) is 0. The number of aliphatic hydroxyl groups is 1. The predicted octanol–water partition coefficient (Wildman–Crippen LogP) is 0.877. The lowest BCUT2D eigenvalue weighted by Gasteiger charge is -1.86. The highest BCUT2D eigenvalue weighted by atomic mass is 16.3. The lowest BCUT2D eigenvalue weighted by molar-refractivity contribution is -0.111. The van der Waals surface area contributed by atoms with E-state index in [1.165, 1.54) is 6.08 Å². The molecule has 0 saturated carbocycles. The molecule has 0 aromatic heterocycles. The van der Waals surface area contributed by atoms with Crippen molar-refractivity contribution in [2.24, 2.45) is 0 Å². The third kappa shape index (κ3) is 0.380. The molecule has 0 spiro atoms. The smallest absolute Gasteiger partial charge is 0.196 e. The van der Waals surface area contributed by atoms with Crippen LogP contribution in [0.5, 0.6) is 0 Å². The number of allylic oxidation sites excluding steroid dienone is 5. The number of hydrogen-bond donors (Lipinski definition) is 1. The number of rotatable bonds is 0. The highest BCUT2D eigenvalue weighted by Crippen LogP contribution is 2.28. The van der Waals surface area contributed by atoms with Crippen LogP contribution in [0.2, 0.25) is 0 Å². The minimum Gasteiger partial charge on any atom is -0.507 e. The van der Waals surface area contributed by atoms with Crippen LogP contribution >= 0.6 is 0 Å². The molecule has 2 aliphatic rings. The van der Waals surface area contributed by atoms with Crippen LogP contribution in [0.15, 0.2) is 35.1 Å². The molecule has 2 heteroatoms. The van der Waals surface area contributed by atoms with Gasteiger partial charge in [-0.15, -0.1) is 0 Å². The summed E-state index contributed by atoms with van der Waals surface area (Å²) in [6, 6.07) is 0. The number of aliphatic hydroxyl groups excluding tert-OH is 1. The number of ketones is 1.